The van der Waals surface area contributed by atoms with Crippen LogP contribution in [0.4, 0.5) is 0 Å². The Labute approximate surface area is 167 Å². The van der Waals surface area contributed by atoms with Crippen LogP contribution in [-0.4, -0.2) is 17.7 Å². The number of carboxylic acid groups (broad SMARTS) is 1. The molecule has 14 heavy (non-hydrogen) atoms. The quantitative estimate of drug-likeness (QED) is 0.382. The van der Waals surface area contributed by atoms with E-state index in [1.807, 2.05) is 0 Å². The molecule has 0 radical (unpaired) electrons. The Morgan fingerprint density at radius 2 is 1.57 bits per heavy atom. The molecule has 64 valence electrons. The maximum atomic E-state index is 10.2. The van der Waals surface area contributed by atoms with Gasteiger partial charge in [0.15, 0.2) is 0 Å². The van der Waals surface area contributed by atoms with E-state index in [9.17, 15) is 14.7 Å². The van der Waals surface area contributed by atoms with Crippen molar-refractivity contribution in [2.75, 3.05) is 0 Å². The normalized spacial score (nSPS) is 7.14. The van der Waals surface area contributed by atoms with Gasteiger partial charge in [-0.25, -0.2) is 0 Å². The van der Waals surface area contributed by atoms with Crippen LogP contribution in [-0.2, 0) is 4.79 Å². The maximum Gasteiger partial charge on any atom is 1.00 e. The molecule has 6 heteroatoms. The SMILES string of the molecule is O=[C-]c1ccc(C(=O)[O-])cc1.[K+].[K+].[OH-]. The molecule has 0 bridgehead atoms. The summed E-state index contributed by atoms with van der Waals surface area (Å²) in [6, 6.07) is 5.35. The summed E-state index contributed by atoms with van der Waals surface area (Å²) in [7, 11) is 0. The molecule has 0 heterocycles. The van der Waals surface area contributed by atoms with Crippen LogP contribution in [0.2, 0.25) is 0 Å². The van der Waals surface area contributed by atoms with Crippen LogP contribution in [0.5, 0.6) is 0 Å². The third-order valence-electron chi connectivity index (χ3n) is 1.24. The predicted molar refractivity (Wildman–Crippen MR) is 37.5 cm³/mol. The number of benzene rings is 1. The number of carbonyl (C=O) groups excluding carboxylic acids is 2. The van der Waals surface area contributed by atoms with E-state index in [1.54, 1.807) is 6.29 Å². The fourth-order valence-corrected chi connectivity index (χ4v) is 0.674. The molecule has 0 spiro atoms. The molecule has 0 amide bonds. The van der Waals surface area contributed by atoms with Crippen LogP contribution in [0.3, 0.4) is 0 Å². The average Bonchev–Trinajstić information content (AvgIpc) is 2.05. The molecular formula is C8H5K2O4-. The van der Waals surface area contributed by atoms with Crippen molar-refractivity contribution in [2.45, 2.75) is 0 Å². The molecule has 1 aromatic rings. The first-order valence-corrected chi connectivity index (χ1v) is 2.93. The topological polar surface area (TPSA) is 87.2 Å². The van der Waals surface area contributed by atoms with Gasteiger partial charge in [-0.05, 0) is 5.56 Å². The van der Waals surface area contributed by atoms with Crippen LogP contribution < -0.4 is 108 Å². The second-order valence-corrected chi connectivity index (χ2v) is 1.97. The van der Waals surface area contributed by atoms with Crippen LogP contribution in [0.15, 0.2) is 24.3 Å². The molecule has 0 aliphatic heterocycles. The molecule has 0 aliphatic carbocycles. The monoisotopic (exact) mass is 243 g/mol. The molecule has 0 aliphatic rings. The fourth-order valence-electron chi connectivity index (χ4n) is 0.674. The summed E-state index contributed by atoms with van der Waals surface area (Å²) in [5.74, 6) is -1.25. The summed E-state index contributed by atoms with van der Waals surface area (Å²) in [6.07, 6.45) is 1.63. The fraction of sp³-hybridized carbons (Fsp3) is 0. The van der Waals surface area contributed by atoms with Gasteiger partial charge in [-0.1, -0.05) is 0 Å². The van der Waals surface area contributed by atoms with Crippen LogP contribution >= 0.6 is 0 Å². The van der Waals surface area contributed by atoms with Gasteiger partial charge in [0.2, 0.25) is 0 Å². The minimum atomic E-state index is -1.25. The van der Waals surface area contributed by atoms with E-state index in [0.29, 0.717) is 5.56 Å². The van der Waals surface area contributed by atoms with E-state index in [2.05, 4.69) is 0 Å². The molecule has 0 fully saturated rings. The molecule has 0 atom stereocenters. The van der Waals surface area contributed by atoms with Crippen molar-refractivity contribution in [1.82, 2.24) is 0 Å². The number of carbonyl (C=O) groups is 1. The molecule has 0 unspecified atom stereocenters. The first kappa shape index (κ1) is 20.9. The number of rotatable bonds is 2. The van der Waals surface area contributed by atoms with Gasteiger partial charge >= 0.3 is 103 Å². The Hall–Kier alpha value is 1.59. The summed E-state index contributed by atoms with van der Waals surface area (Å²) in [5, 5.41) is 10.2. The molecule has 0 saturated carbocycles. The number of hydrogen-bond donors (Lipinski definition) is 0. The zero-order valence-electron chi connectivity index (χ0n) is 7.98. The summed E-state index contributed by atoms with van der Waals surface area (Å²) in [6.45, 7) is 0. The van der Waals surface area contributed by atoms with E-state index >= 15 is 0 Å². The molecular weight excluding hydrogens is 238 g/mol. The third kappa shape index (κ3) is 6.96. The van der Waals surface area contributed by atoms with Gasteiger partial charge in [-0.3, -0.25) is 0 Å². The Morgan fingerprint density at radius 1 is 1.14 bits per heavy atom. The van der Waals surface area contributed by atoms with Gasteiger partial charge in [0.25, 0.3) is 0 Å². The van der Waals surface area contributed by atoms with Crippen molar-refractivity contribution < 1.29 is 123 Å². The zero-order chi connectivity index (χ0) is 8.27. The molecule has 0 aromatic heterocycles. The Bertz CT molecular complexity index is 284. The first-order chi connectivity index (χ1) is 5.24. The van der Waals surface area contributed by atoms with Crippen molar-refractivity contribution in [3.63, 3.8) is 0 Å². The Balaban J connectivity index is -0.000000403. The second-order valence-electron chi connectivity index (χ2n) is 1.97. The van der Waals surface area contributed by atoms with E-state index in [-0.39, 0.29) is 114 Å². The van der Waals surface area contributed by atoms with Gasteiger partial charge in [-0.2, -0.15) is 17.7 Å². The van der Waals surface area contributed by atoms with Crippen LogP contribution in [0.25, 0.3) is 0 Å². The average molecular weight is 243 g/mol. The van der Waals surface area contributed by atoms with Crippen LogP contribution in [0.1, 0.15) is 15.9 Å². The summed E-state index contributed by atoms with van der Waals surface area (Å²) >= 11 is 0. The van der Waals surface area contributed by atoms with Crippen molar-refractivity contribution >= 4 is 12.3 Å². The minimum Gasteiger partial charge on any atom is -0.870 e. The van der Waals surface area contributed by atoms with Crippen molar-refractivity contribution in [1.29, 1.82) is 0 Å². The Kier molecular flexibility index (Phi) is 16.6. The van der Waals surface area contributed by atoms with Gasteiger partial charge in [0.1, 0.15) is 0 Å². The van der Waals surface area contributed by atoms with Crippen LogP contribution in [0, 0.1) is 0 Å². The predicted octanol–water partition coefficient (Wildman–Crippen LogP) is -6.66. The maximum absolute atomic E-state index is 10.2. The van der Waals surface area contributed by atoms with E-state index in [4.69, 9.17) is 0 Å². The van der Waals surface area contributed by atoms with Gasteiger partial charge in [0.05, 0.1) is 12.3 Å². The van der Waals surface area contributed by atoms with E-state index in [1.165, 1.54) is 24.3 Å². The standard InChI is InChI=1S/C8H5O3.2K.H2O/c9-5-6-1-3-7(4-2-6)8(10)11;;;/h1-4H,(H,10,11);;;1H2/q-1;2*+1;/p-2. The van der Waals surface area contributed by atoms with Crippen molar-refractivity contribution in [3.05, 3.63) is 35.4 Å². The van der Waals surface area contributed by atoms with E-state index < -0.39 is 5.97 Å². The molecule has 4 nitrogen and oxygen atoms in total. The Morgan fingerprint density at radius 3 is 1.86 bits per heavy atom. The largest absolute Gasteiger partial charge is 1.00 e. The van der Waals surface area contributed by atoms with Gasteiger partial charge in [0, 0.05) is 0 Å². The number of hydrogen-bond acceptors (Lipinski definition) is 4. The van der Waals surface area contributed by atoms with Gasteiger partial charge < -0.3 is 20.2 Å². The molecule has 1 rings (SSSR count). The summed E-state index contributed by atoms with van der Waals surface area (Å²) < 4.78 is 0. The third-order valence-corrected chi connectivity index (χ3v) is 1.24. The molecule has 1 aromatic carbocycles. The second kappa shape index (κ2) is 11.1. The summed E-state index contributed by atoms with van der Waals surface area (Å²) in [4.78, 5) is 20.2. The van der Waals surface area contributed by atoms with Crippen molar-refractivity contribution in [2.24, 2.45) is 0 Å². The first-order valence-electron chi connectivity index (χ1n) is 2.93. The summed E-state index contributed by atoms with van der Waals surface area (Å²) in [5.41, 5.74) is 0.388. The number of carboxylic acids is 1. The van der Waals surface area contributed by atoms with Gasteiger partial charge in [-0.15, -0.1) is 12.1 Å². The molecule has 1 N–H and O–H groups in total. The zero-order valence-corrected chi connectivity index (χ0v) is 14.2. The van der Waals surface area contributed by atoms with E-state index in [0.717, 1.165) is 0 Å². The molecule has 0 saturated heterocycles. The minimum absolute atomic E-state index is 0. The van der Waals surface area contributed by atoms with Crippen molar-refractivity contribution in [3.8, 4) is 0 Å². The number of aromatic carboxylic acids is 1. The smallest absolute Gasteiger partial charge is 0.870 e.